The van der Waals surface area contributed by atoms with Gasteiger partial charge in [-0.2, -0.15) is 0 Å². The lowest BCUT2D eigenvalue weighted by molar-refractivity contribution is -0.137. The third-order valence-corrected chi connectivity index (χ3v) is 4.59. The van der Waals surface area contributed by atoms with Gasteiger partial charge in [0.1, 0.15) is 23.5 Å². The molecular weight excluding hydrogens is 340 g/mol. The van der Waals surface area contributed by atoms with Gasteiger partial charge in [-0.15, -0.1) is 11.3 Å². The van der Waals surface area contributed by atoms with Gasteiger partial charge in [-0.25, -0.2) is 9.97 Å². The molecule has 7 nitrogen and oxygen atoms in total. The van der Waals surface area contributed by atoms with Gasteiger partial charge in [0.25, 0.3) is 0 Å². The molecule has 0 fully saturated rings. The SMILES string of the molecule is Cc1sc2ncnc(NCC(=O)NCC(=O)O)c2c1-c1ccccc1. The molecule has 0 aliphatic rings. The van der Waals surface area contributed by atoms with E-state index in [1.807, 2.05) is 37.3 Å². The summed E-state index contributed by atoms with van der Waals surface area (Å²) in [6, 6.07) is 9.93. The first-order chi connectivity index (χ1) is 12.1. The first-order valence-corrected chi connectivity index (χ1v) is 8.40. The van der Waals surface area contributed by atoms with Crippen LogP contribution in [0.5, 0.6) is 0 Å². The molecule has 3 aromatic rings. The predicted octanol–water partition coefficient (Wildman–Crippen LogP) is 2.28. The Morgan fingerprint density at radius 2 is 1.92 bits per heavy atom. The normalized spacial score (nSPS) is 10.6. The van der Waals surface area contributed by atoms with Crippen LogP contribution in [0.25, 0.3) is 21.3 Å². The van der Waals surface area contributed by atoms with Crippen molar-refractivity contribution in [3.05, 3.63) is 41.5 Å². The molecule has 2 aromatic heterocycles. The summed E-state index contributed by atoms with van der Waals surface area (Å²) in [5, 5.41) is 14.8. The molecule has 3 N–H and O–H groups in total. The zero-order valence-corrected chi connectivity index (χ0v) is 14.3. The van der Waals surface area contributed by atoms with E-state index < -0.39 is 18.4 Å². The molecule has 0 aliphatic heterocycles. The van der Waals surface area contributed by atoms with Crippen molar-refractivity contribution in [2.75, 3.05) is 18.4 Å². The van der Waals surface area contributed by atoms with Gasteiger partial charge in [0, 0.05) is 10.4 Å². The minimum absolute atomic E-state index is 0.0669. The maximum absolute atomic E-state index is 11.7. The van der Waals surface area contributed by atoms with Crippen LogP contribution in [0.2, 0.25) is 0 Å². The number of nitrogens with one attached hydrogen (secondary N) is 2. The Morgan fingerprint density at radius 3 is 2.64 bits per heavy atom. The Balaban J connectivity index is 1.91. The molecule has 25 heavy (non-hydrogen) atoms. The van der Waals surface area contributed by atoms with E-state index >= 15 is 0 Å². The highest BCUT2D eigenvalue weighted by atomic mass is 32.1. The fourth-order valence-electron chi connectivity index (χ4n) is 2.53. The Morgan fingerprint density at radius 1 is 1.16 bits per heavy atom. The standard InChI is InChI=1S/C17H16N4O3S/c1-10-14(11-5-3-2-4-6-11)15-16(20-9-21-17(15)25-10)19-7-12(22)18-8-13(23)24/h2-6,9H,7-8H2,1H3,(H,18,22)(H,23,24)(H,19,20,21). The maximum Gasteiger partial charge on any atom is 0.322 e. The van der Waals surface area contributed by atoms with E-state index in [-0.39, 0.29) is 6.54 Å². The zero-order valence-electron chi connectivity index (χ0n) is 13.4. The van der Waals surface area contributed by atoms with Crippen molar-refractivity contribution in [2.45, 2.75) is 6.92 Å². The molecule has 0 saturated heterocycles. The molecule has 0 spiro atoms. The summed E-state index contributed by atoms with van der Waals surface area (Å²) in [5.74, 6) is -0.946. The Hall–Kier alpha value is -3.00. The third-order valence-electron chi connectivity index (χ3n) is 3.58. The van der Waals surface area contributed by atoms with E-state index in [2.05, 4.69) is 20.6 Å². The van der Waals surface area contributed by atoms with Gasteiger partial charge in [-0.05, 0) is 12.5 Å². The number of aromatic nitrogens is 2. The lowest BCUT2D eigenvalue weighted by atomic mass is 10.0. The highest BCUT2D eigenvalue weighted by Gasteiger charge is 2.17. The topological polar surface area (TPSA) is 104 Å². The van der Waals surface area contributed by atoms with E-state index in [9.17, 15) is 9.59 Å². The van der Waals surface area contributed by atoms with Gasteiger partial charge in [0.2, 0.25) is 5.91 Å². The second-order valence-corrected chi connectivity index (χ2v) is 6.53. The minimum Gasteiger partial charge on any atom is -0.480 e. The van der Waals surface area contributed by atoms with Crippen LogP contribution in [0.1, 0.15) is 4.88 Å². The van der Waals surface area contributed by atoms with Crippen LogP contribution in [-0.4, -0.2) is 40.0 Å². The smallest absolute Gasteiger partial charge is 0.322 e. The molecule has 0 atom stereocenters. The van der Waals surface area contributed by atoms with Crippen molar-refractivity contribution in [3.8, 4) is 11.1 Å². The number of aliphatic carboxylic acids is 1. The number of hydrogen-bond donors (Lipinski definition) is 3. The van der Waals surface area contributed by atoms with Crippen LogP contribution in [0.15, 0.2) is 36.7 Å². The van der Waals surface area contributed by atoms with E-state index in [1.54, 1.807) is 11.3 Å². The number of nitrogens with zero attached hydrogens (tertiary/aromatic N) is 2. The molecule has 0 radical (unpaired) electrons. The summed E-state index contributed by atoms with van der Waals surface area (Å²) in [4.78, 5) is 32.8. The predicted molar refractivity (Wildman–Crippen MR) is 96.7 cm³/mol. The molecule has 0 aliphatic carbocycles. The lowest BCUT2D eigenvalue weighted by Crippen LogP contribution is -2.34. The molecule has 2 heterocycles. The molecule has 128 valence electrons. The van der Waals surface area contributed by atoms with Crippen LogP contribution >= 0.6 is 11.3 Å². The van der Waals surface area contributed by atoms with Crippen LogP contribution in [0.4, 0.5) is 5.82 Å². The highest BCUT2D eigenvalue weighted by Crippen LogP contribution is 2.40. The second kappa shape index (κ2) is 7.27. The van der Waals surface area contributed by atoms with E-state index in [0.29, 0.717) is 5.82 Å². The summed E-state index contributed by atoms with van der Waals surface area (Å²) in [7, 11) is 0. The molecule has 1 amide bonds. The summed E-state index contributed by atoms with van der Waals surface area (Å²) in [5.41, 5.74) is 2.09. The number of carbonyl (C=O) groups excluding carboxylic acids is 1. The van der Waals surface area contributed by atoms with Gasteiger partial charge in [-0.3, -0.25) is 9.59 Å². The molecule has 0 bridgehead atoms. The number of carboxylic acid groups (broad SMARTS) is 1. The molecule has 0 unspecified atom stereocenters. The van der Waals surface area contributed by atoms with Crippen molar-refractivity contribution in [1.82, 2.24) is 15.3 Å². The summed E-state index contributed by atoms with van der Waals surface area (Å²) in [6.45, 7) is 1.55. The van der Waals surface area contributed by atoms with Crippen molar-refractivity contribution in [1.29, 1.82) is 0 Å². The van der Waals surface area contributed by atoms with Gasteiger partial charge < -0.3 is 15.7 Å². The molecule has 3 rings (SSSR count). The number of fused-ring (bicyclic) bond motifs is 1. The van der Waals surface area contributed by atoms with Crippen LogP contribution < -0.4 is 10.6 Å². The fraction of sp³-hybridized carbons (Fsp3) is 0.176. The Bertz CT molecular complexity index is 924. The fourth-order valence-corrected chi connectivity index (χ4v) is 3.54. The lowest BCUT2D eigenvalue weighted by Gasteiger charge is -2.09. The third kappa shape index (κ3) is 3.74. The van der Waals surface area contributed by atoms with E-state index in [4.69, 9.17) is 5.11 Å². The summed E-state index contributed by atoms with van der Waals surface area (Å²) < 4.78 is 0. The number of carbonyl (C=O) groups is 2. The number of thiophene rings is 1. The largest absolute Gasteiger partial charge is 0.480 e. The number of amides is 1. The Labute approximate surface area is 147 Å². The number of benzene rings is 1. The Kier molecular flexibility index (Phi) is 4.90. The van der Waals surface area contributed by atoms with E-state index in [1.165, 1.54) is 6.33 Å². The monoisotopic (exact) mass is 356 g/mol. The second-order valence-electron chi connectivity index (χ2n) is 5.33. The first-order valence-electron chi connectivity index (χ1n) is 7.58. The molecule has 0 saturated carbocycles. The van der Waals surface area contributed by atoms with Gasteiger partial charge in [-0.1, -0.05) is 30.3 Å². The average Bonchev–Trinajstić information content (AvgIpc) is 2.95. The molecular formula is C17H16N4O3S. The maximum atomic E-state index is 11.7. The molecule has 1 aromatic carbocycles. The first kappa shape index (κ1) is 16.8. The van der Waals surface area contributed by atoms with Crippen LogP contribution in [-0.2, 0) is 9.59 Å². The minimum atomic E-state index is -1.09. The van der Waals surface area contributed by atoms with Crippen molar-refractivity contribution in [2.24, 2.45) is 0 Å². The number of anilines is 1. The average molecular weight is 356 g/mol. The zero-order chi connectivity index (χ0) is 17.8. The number of carboxylic acids is 1. The summed E-state index contributed by atoms with van der Waals surface area (Å²) in [6.07, 6.45) is 1.45. The van der Waals surface area contributed by atoms with E-state index in [0.717, 1.165) is 26.2 Å². The summed E-state index contributed by atoms with van der Waals surface area (Å²) >= 11 is 1.57. The number of rotatable bonds is 6. The molecule has 8 heteroatoms. The van der Waals surface area contributed by atoms with Crippen LogP contribution in [0, 0.1) is 6.92 Å². The van der Waals surface area contributed by atoms with Crippen molar-refractivity contribution < 1.29 is 14.7 Å². The quantitative estimate of drug-likeness (QED) is 0.626. The highest BCUT2D eigenvalue weighted by molar-refractivity contribution is 7.19. The van der Waals surface area contributed by atoms with Gasteiger partial charge in [0.15, 0.2) is 0 Å². The van der Waals surface area contributed by atoms with Crippen molar-refractivity contribution in [3.63, 3.8) is 0 Å². The van der Waals surface area contributed by atoms with Crippen molar-refractivity contribution >= 4 is 39.2 Å². The van der Waals surface area contributed by atoms with Crippen LogP contribution in [0.3, 0.4) is 0 Å². The van der Waals surface area contributed by atoms with Gasteiger partial charge >= 0.3 is 5.97 Å². The number of aryl methyl sites for hydroxylation is 1. The number of hydrogen-bond acceptors (Lipinski definition) is 6. The van der Waals surface area contributed by atoms with Gasteiger partial charge in [0.05, 0.1) is 11.9 Å².